The molecule has 0 saturated carbocycles. The molecule has 0 aliphatic carbocycles. The zero-order valence-corrected chi connectivity index (χ0v) is 19.0. The summed E-state index contributed by atoms with van der Waals surface area (Å²) in [6.07, 6.45) is 4.06. The van der Waals surface area contributed by atoms with Gasteiger partial charge in [-0.05, 0) is 60.9 Å². The monoisotopic (exact) mass is 463 g/mol. The molecule has 0 spiro atoms. The van der Waals surface area contributed by atoms with Crippen LogP contribution in [0.15, 0.2) is 41.0 Å². The highest BCUT2D eigenvalue weighted by Crippen LogP contribution is 2.30. The predicted octanol–water partition coefficient (Wildman–Crippen LogP) is 5.59. The summed E-state index contributed by atoms with van der Waals surface area (Å²) >= 11 is 9.93. The van der Waals surface area contributed by atoms with Crippen molar-refractivity contribution >= 4 is 39.0 Å². The maximum absolute atomic E-state index is 6.39. The van der Waals surface area contributed by atoms with Crippen LogP contribution in [0, 0.1) is 5.92 Å². The van der Waals surface area contributed by atoms with Crippen molar-refractivity contribution in [3.8, 4) is 11.3 Å². The Bertz CT molecular complexity index is 924. The highest BCUT2D eigenvalue weighted by molar-refractivity contribution is 9.10. The van der Waals surface area contributed by atoms with Gasteiger partial charge in [-0.25, -0.2) is 4.98 Å². The first-order chi connectivity index (χ1) is 13.5. The van der Waals surface area contributed by atoms with Gasteiger partial charge < -0.3 is 10.2 Å². The number of rotatable bonds is 9. The van der Waals surface area contributed by atoms with Crippen molar-refractivity contribution in [2.24, 2.45) is 5.92 Å². The van der Waals surface area contributed by atoms with Crippen LogP contribution in [-0.2, 0) is 0 Å². The fourth-order valence-electron chi connectivity index (χ4n) is 3.02. The van der Waals surface area contributed by atoms with Crippen LogP contribution in [0.2, 0.25) is 5.02 Å². The first-order valence-electron chi connectivity index (χ1n) is 9.67. The topological polar surface area (TPSA) is 45.5 Å². The van der Waals surface area contributed by atoms with E-state index in [1.54, 1.807) is 6.20 Å². The van der Waals surface area contributed by atoms with Gasteiger partial charge in [0.05, 0.1) is 16.4 Å². The number of halogens is 2. The summed E-state index contributed by atoms with van der Waals surface area (Å²) in [5.74, 6) is 1.66. The van der Waals surface area contributed by atoms with Gasteiger partial charge in [0.1, 0.15) is 5.82 Å². The zero-order valence-electron chi connectivity index (χ0n) is 16.6. The van der Waals surface area contributed by atoms with Crippen molar-refractivity contribution < 1.29 is 0 Å². The van der Waals surface area contributed by atoms with Crippen LogP contribution < -0.4 is 5.32 Å². The van der Waals surface area contributed by atoms with E-state index in [9.17, 15) is 0 Å². The van der Waals surface area contributed by atoms with E-state index in [2.05, 4.69) is 52.1 Å². The van der Waals surface area contributed by atoms with Crippen LogP contribution in [-0.4, -0.2) is 46.2 Å². The largest absolute Gasteiger partial charge is 0.370 e. The third-order valence-corrected chi connectivity index (χ3v) is 5.58. The Morgan fingerprint density at radius 2 is 2.04 bits per heavy atom. The Kier molecular flexibility index (Phi) is 7.32. The molecular weight excluding hydrogens is 438 g/mol. The van der Waals surface area contributed by atoms with Crippen LogP contribution >= 0.6 is 27.5 Å². The average Bonchev–Trinajstić information content (AvgIpc) is 3.05. The van der Waals surface area contributed by atoms with Gasteiger partial charge in [0.25, 0.3) is 0 Å². The summed E-state index contributed by atoms with van der Waals surface area (Å²) in [7, 11) is 2.19. The minimum absolute atomic E-state index is 0.688. The molecule has 0 aliphatic rings. The maximum Gasteiger partial charge on any atom is 0.172 e. The van der Waals surface area contributed by atoms with Gasteiger partial charge in [-0.3, -0.25) is 0 Å². The van der Waals surface area contributed by atoms with E-state index in [-0.39, 0.29) is 0 Å². The van der Waals surface area contributed by atoms with E-state index in [0.29, 0.717) is 5.02 Å². The van der Waals surface area contributed by atoms with Gasteiger partial charge in [-0.2, -0.15) is 9.61 Å². The van der Waals surface area contributed by atoms with E-state index in [1.807, 2.05) is 34.8 Å². The average molecular weight is 465 g/mol. The number of nitrogens with one attached hydrogen (secondary N) is 1. The molecule has 150 valence electrons. The van der Waals surface area contributed by atoms with Gasteiger partial charge in [-0.1, -0.05) is 43.6 Å². The SMILES string of the molecule is CC(C)CCN(C)CCCNc1cc(-c2ccccc2Cl)nc2c(Br)cnn12. The Hall–Kier alpha value is -1.63. The molecule has 0 aliphatic heterocycles. The molecule has 0 saturated heterocycles. The fourth-order valence-corrected chi connectivity index (χ4v) is 3.61. The second kappa shape index (κ2) is 9.72. The Morgan fingerprint density at radius 3 is 2.79 bits per heavy atom. The molecule has 1 N–H and O–H groups in total. The second-order valence-electron chi connectivity index (χ2n) is 7.50. The highest BCUT2D eigenvalue weighted by atomic mass is 79.9. The quantitative estimate of drug-likeness (QED) is 0.419. The van der Waals surface area contributed by atoms with Crippen molar-refractivity contribution in [3.63, 3.8) is 0 Å². The normalized spacial score (nSPS) is 11.7. The number of aromatic nitrogens is 3. The lowest BCUT2D eigenvalue weighted by Gasteiger charge is -2.18. The second-order valence-corrected chi connectivity index (χ2v) is 8.76. The van der Waals surface area contributed by atoms with Crippen LogP contribution in [0.4, 0.5) is 5.82 Å². The van der Waals surface area contributed by atoms with Crippen molar-refractivity contribution in [2.75, 3.05) is 32.0 Å². The van der Waals surface area contributed by atoms with Gasteiger partial charge in [0, 0.05) is 23.2 Å². The third-order valence-electron chi connectivity index (χ3n) is 4.69. The van der Waals surface area contributed by atoms with Crippen molar-refractivity contribution in [1.29, 1.82) is 0 Å². The van der Waals surface area contributed by atoms with Gasteiger partial charge in [0.2, 0.25) is 0 Å². The molecule has 0 unspecified atom stereocenters. The first kappa shape index (κ1) is 21.1. The summed E-state index contributed by atoms with van der Waals surface area (Å²) in [5.41, 5.74) is 2.51. The number of benzene rings is 1. The molecule has 0 atom stereocenters. The molecule has 7 heteroatoms. The number of hydrogen-bond acceptors (Lipinski definition) is 4. The highest BCUT2D eigenvalue weighted by Gasteiger charge is 2.13. The lowest BCUT2D eigenvalue weighted by atomic mass is 10.1. The minimum atomic E-state index is 0.688. The van der Waals surface area contributed by atoms with Crippen molar-refractivity contribution in [3.05, 3.63) is 46.0 Å². The molecule has 0 radical (unpaired) electrons. The number of hydrogen-bond donors (Lipinski definition) is 1. The molecule has 2 aromatic heterocycles. The maximum atomic E-state index is 6.39. The van der Waals surface area contributed by atoms with E-state index in [1.165, 1.54) is 6.42 Å². The molecular formula is C21H27BrClN5. The predicted molar refractivity (Wildman–Crippen MR) is 121 cm³/mol. The summed E-state index contributed by atoms with van der Waals surface area (Å²) in [4.78, 5) is 7.14. The Morgan fingerprint density at radius 1 is 1.25 bits per heavy atom. The number of fused-ring (bicyclic) bond motifs is 1. The minimum Gasteiger partial charge on any atom is -0.370 e. The molecule has 3 rings (SSSR count). The molecule has 1 aromatic carbocycles. The smallest absolute Gasteiger partial charge is 0.172 e. The van der Waals surface area contributed by atoms with Crippen LogP contribution in [0.1, 0.15) is 26.7 Å². The molecule has 28 heavy (non-hydrogen) atoms. The zero-order chi connectivity index (χ0) is 20.1. The first-order valence-corrected chi connectivity index (χ1v) is 10.8. The summed E-state index contributed by atoms with van der Waals surface area (Å²) in [6, 6.07) is 9.77. The van der Waals surface area contributed by atoms with Crippen molar-refractivity contribution in [1.82, 2.24) is 19.5 Å². The molecule has 0 fully saturated rings. The molecule has 5 nitrogen and oxygen atoms in total. The molecule has 2 heterocycles. The van der Waals surface area contributed by atoms with Gasteiger partial charge >= 0.3 is 0 Å². The molecule has 0 amide bonds. The van der Waals surface area contributed by atoms with E-state index in [4.69, 9.17) is 16.6 Å². The third kappa shape index (κ3) is 5.25. The summed E-state index contributed by atoms with van der Waals surface area (Å²) < 4.78 is 2.69. The van der Waals surface area contributed by atoms with E-state index >= 15 is 0 Å². The standard InChI is InChI=1S/C21H27BrClN5/c1-15(2)9-12-27(3)11-6-10-24-20-13-19(16-7-4-5-8-18(16)23)26-21-17(22)14-25-28(20)21/h4-5,7-8,13-15,24H,6,9-12H2,1-3H3. The molecule has 0 bridgehead atoms. The van der Waals surface area contributed by atoms with E-state index < -0.39 is 0 Å². The lowest BCUT2D eigenvalue weighted by Crippen LogP contribution is -2.24. The van der Waals surface area contributed by atoms with Gasteiger partial charge in [-0.15, -0.1) is 0 Å². The number of anilines is 1. The summed E-state index contributed by atoms with van der Waals surface area (Å²) in [6.45, 7) is 7.60. The van der Waals surface area contributed by atoms with Crippen LogP contribution in [0.25, 0.3) is 16.9 Å². The number of nitrogens with zero attached hydrogens (tertiary/aromatic N) is 4. The molecule has 3 aromatic rings. The van der Waals surface area contributed by atoms with E-state index in [0.717, 1.165) is 59.2 Å². The van der Waals surface area contributed by atoms with Crippen LogP contribution in [0.3, 0.4) is 0 Å². The summed E-state index contributed by atoms with van der Waals surface area (Å²) in [5, 5.41) is 8.65. The fraction of sp³-hybridized carbons (Fsp3) is 0.429. The van der Waals surface area contributed by atoms with Crippen molar-refractivity contribution in [2.45, 2.75) is 26.7 Å². The lowest BCUT2D eigenvalue weighted by molar-refractivity contribution is 0.309. The van der Waals surface area contributed by atoms with Gasteiger partial charge in [0.15, 0.2) is 5.65 Å². The Labute approximate surface area is 180 Å². The Balaban J connectivity index is 1.73. The van der Waals surface area contributed by atoms with Crippen LogP contribution in [0.5, 0.6) is 0 Å².